The Balaban J connectivity index is 2.55. The van der Waals surface area contributed by atoms with Gasteiger partial charge in [0.15, 0.2) is 4.08 Å². The van der Waals surface area contributed by atoms with Gasteiger partial charge < -0.3 is 4.74 Å². The zero-order valence-electron chi connectivity index (χ0n) is 9.67. The molecule has 1 heterocycles. The highest BCUT2D eigenvalue weighted by Gasteiger charge is 2.42. The highest BCUT2D eigenvalue weighted by atomic mass is 79.9. The van der Waals surface area contributed by atoms with Gasteiger partial charge in [-0.25, -0.2) is 4.79 Å². The molecule has 0 amide bonds. The smallest absolute Gasteiger partial charge is 0.332 e. The molecule has 0 unspecified atom stereocenters. The van der Waals surface area contributed by atoms with Crippen LogP contribution in [-0.4, -0.2) is 33.5 Å². The summed E-state index contributed by atoms with van der Waals surface area (Å²) in [6.07, 6.45) is 4.36. The molecule has 0 aliphatic carbocycles. The third-order valence-electron chi connectivity index (χ3n) is 2.44. The van der Waals surface area contributed by atoms with Crippen LogP contribution in [-0.2, 0) is 9.53 Å². The predicted molar refractivity (Wildman–Crippen MR) is 76.5 cm³/mol. The minimum absolute atomic E-state index is 0.0146. The van der Waals surface area contributed by atoms with Crippen molar-refractivity contribution >= 4 is 45.4 Å². The number of esters is 1. The van der Waals surface area contributed by atoms with E-state index in [1.807, 2.05) is 6.92 Å². The number of hydrogen-bond donors (Lipinski definition) is 0. The predicted octanol–water partition coefficient (Wildman–Crippen LogP) is 3.68. The van der Waals surface area contributed by atoms with Crippen LogP contribution in [0.5, 0.6) is 0 Å². The minimum Gasteiger partial charge on any atom is -0.464 e. The molecule has 2 nitrogen and oxygen atoms in total. The largest absolute Gasteiger partial charge is 0.464 e. The molecule has 1 aliphatic rings. The summed E-state index contributed by atoms with van der Waals surface area (Å²) in [5.74, 6) is 2.15. The second-order valence-corrected chi connectivity index (χ2v) is 7.51. The van der Waals surface area contributed by atoms with Crippen LogP contribution in [0.4, 0.5) is 0 Å². The zero-order chi connectivity index (χ0) is 11.9. The summed E-state index contributed by atoms with van der Waals surface area (Å²) in [4.78, 5) is 12.0. The maximum Gasteiger partial charge on any atom is 0.332 e. The Kier molecular flexibility index (Phi) is 7.24. The molecule has 1 rings (SSSR count). The Morgan fingerprint density at radius 3 is 2.62 bits per heavy atom. The maximum absolute atomic E-state index is 12.0. The van der Waals surface area contributed by atoms with E-state index in [-0.39, 0.29) is 10.0 Å². The lowest BCUT2D eigenvalue weighted by atomic mass is 10.2. The van der Waals surface area contributed by atoms with Crippen LogP contribution in [0.25, 0.3) is 0 Å². The topological polar surface area (TPSA) is 26.3 Å². The second kappa shape index (κ2) is 7.88. The first-order chi connectivity index (χ1) is 7.75. The van der Waals surface area contributed by atoms with E-state index < -0.39 is 0 Å². The monoisotopic (exact) mass is 326 g/mol. The molecule has 16 heavy (non-hydrogen) atoms. The molecule has 1 saturated heterocycles. The molecule has 0 aromatic rings. The molecule has 1 fully saturated rings. The summed E-state index contributed by atoms with van der Waals surface area (Å²) < 4.78 is 4.91. The van der Waals surface area contributed by atoms with Crippen LogP contribution in [0.3, 0.4) is 0 Å². The number of hydrogen-bond acceptors (Lipinski definition) is 4. The van der Waals surface area contributed by atoms with Crippen molar-refractivity contribution in [3.05, 3.63) is 0 Å². The number of carbonyl (C=O) groups is 1. The van der Waals surface area contributed by atoms with E-state index in [2.05, 4.69) is 15.9 Å². The quantitative estimate of drug-likeness (QED) is 0.422. The van der Waals surface area contributed by atoms with E-state index >= 15 is 0 Å². The number of rotatable bonds is 6. The van der Waals surface area contributed by atoms with Crippen molar-refractivity contribution in [1.29, 1.82) is 0 Å². The van der Waals surface area contributed by atoms with Crippen LogP contribution in [0.2, 0.25) is 0 Å². The minimum atomic E-state index is -0.309. The Hall–Kier alpha value is 0.650. The number of thioether (sulfide) groups is 2. The molecule has 0 bridgehead atoms. The van der Waals surface area contributed by atoms with Gasteiger partial charge >= 0.3 is 5.97 Å². The molecule has 0 aromatic carbocycles. The van der Waals surface area contributed by atoms with Gasteiger partial charge in [-0.1, -0.05) is 15.9 Å². The van der Waals surface area contributed by atoms with Crippen molar-refractivity contribution in [3.63, 3.8) is 0 Å². The summed E-state index contributed by atoms with van der Waals surface area (Å²) in [6.45, 7) is 2.36. The first kappa shape index (κ1) is 14.7. The fourth-order valence-corrected chi connectivity index (χ4v) is 5.21. The fraction of sp³-hybridized carbons (Fsp3) is 0.909. The van der Waals surface area contributed by atoms with Gasteiger partial charge in [-0.15, -0.1) is 23.5 Å². The summed E-state index contributed by atoms with van der Waals surface area (Å²) in [5, 5.41) is 1.02. The number of halogens is 1. The molecule has 0 radical (unpaired) electrons. The normalized spacial score (nSPS) is 19.4. The Morgan fingerprint density at radius 1 is 1.38 bits per heavy atom. The van der Waals surface area contributed by atoms with Crippen molar-refractivity contribution in [2.75, 3.05) is 23.4 Å². The molecule has 0 atom stereocenters. The molecule has 1 aliphatic heterocycles. The van der Waals surface area contributed by atoms with Crippen molar-refractivity contribution < 1.29 is 9.53 Å². The Labute approximate surface area is 115 Å². The van der Waals surface area contributed by atoms with Gasteiger partial charge in [0.2, 0.25) is 0 Å². The molecule has 94 valence electrons. The van der Waals surface area contributed by atoms with Crippen molar-refractivity contribution in [2.45, 2.75) is 36.7 Å². The average molecular weight is 327 g/mol. The fourth-order valence-electron chi connectivity index (χ4n) is 1.63. The van der Waals surface area contributed by atoms with Gasteiger partial charge in [0, 0.05) is 5.33 Å². The zero-order valence-corrected chi connectivity index (χ0v) is 12.9. The van der Waals surface area contributed by atoms with E-state index in [0.717, 1.165) is 36.1 Å². The van der Waals surface area contributed by atoms with Crippen LogP contribution in [0, 0.1) is 0 Å². The lowest BCUT2D eigenvalue weighted by Gasteiger charge is -2.33. The van der Waals surface area contributed by atoms with Gasteiger partial charge in [0.05, 0.1) is 6.61 Å². The third kappa shape index (κ3) is 4.15. The second-order valence-electron chi connectivity index (χ2n) is 3.67. The summed E-state index contributed by atoms with van der Waals surface area (Å²) in [7, 11) is 0. The van der Waals surface area contributed by atoms with Gasteiger partial charge in [-0.3, -0.25) is 0 Å². The van der Waals surface area contributed by atoms with E-state index in [1.54, 1.807) is 23.5 Å². The number of alkyl halides is 1. The SMILES string of the molecule is CCOC(=O)C1(CCCCBr)SCCCS1. The van der Waals surface area contributed by atoms with Gasteiger partial charge in [0.1, 0.15) is 0 Å². The standard InChI is InChI=1S/C11H19BrO2S2/c1-2-14-10(13)11(6-3-4-7-12)15-8-5-9-16-11/h2-9H2,1H3. The molecule has 0 aromatic heterocycles. The van der Waals surface area contributed by atoms with E-state index in [0.29, 0.717) is 6.61 Å². The van der Waals surface area contributed by atoms with Gasteiger partial charge in [0.25, 0.3) is 0 Å². The molecular formula is C11H19BrO2S2. The Morgan fingerprint density at radius 2 is 2.06 bits per heavy atom. The van der Waals surface area contributed by atoms with E-state index in [1.165, 1.54) is 6.42 Å². The first-order valence-electron chi connectivity index (χ1n) is 5.76. The highest BCUT2D eigenvalue weighted by Crippen LogP contribution is 2.46. The average Bonchev–Trinajstić information content (AvgIpc) is 2.31. The molecule has 0 spiro atoms. The first-order valence-corrected chi connectivity index (χ1v) is 8.85. The van der Waals surface area contributed by atoms with Gasteiger partial charge in [-0.2, -0.15) is 0 Å². The maximum atomic E-state index is 12.0. The van der Waals surface area contributed by atoms with E-state index in [4.69, 9.17) is 4.74 Å². The van der Waals surface area contributed by atoms with Crippen LogP contribution in [0.1, 0.15) is 32.6 Å². The Bertz CT molecular complexity index is 218. The van der Waals surface area contributed by atoms with Crippen LogP contribution < -0.4 is 0 Å². The molecule has 0 N–H and O–H groups in total. The highest BCUT2D eigenvalue weighted by molar-refractivity contribution is 9.09. The lowest BCUT2D eigenvalue weighted by Crippen LogP contribution is -2.36. The number of unbranched alkanes of at least 4 members (excludes halogenated alkanes) is 1. The molecule has 0 saturated carbocycles. The molecule has 5 heteroatoms. The van der Waals surface area contributed by atoms with Crippen LogP contribution >= 0.6 is 39.5 Å². The van der Waals surface area contributed by atoms with Crippen molar-refractivity contribution in [1.82, 2.24) is 0 Å². The third-order valence-corrected chi connectivity index (χ3v) is 6.36. The van der Waals surface area contributed by atoms with E-state index in [9.17, 15) is 4.79 Å². The van der Waals surface area contributed by atoms with Crippen molar-refractivity contribution in [3.8, 4) is 0 Å². The number of carbonyl (C=O) groups excluding carboxylic acids is 1. The van der Waals surface area contributed by atoms with Gasteiger partial charge in [-0.05, 0) is 44.1 Å². The summed E-state index contributed by atoms with van der Waals surface area (Å²) >= 11 is 6.99. The summed E-state index contributed by atoms with van der Waals surface area (Å²) in [6, 6.07) is 0. The van der Waals surface area contributed by atoms with Crippen molar-refractivity contribution in [2.24, 2.45) is 0 Å². The molecular weight excluding hydrogens is 308 g/mol. The lowest BCUT2D eigenvalue weighted by molar-refractivity contribution is -0.143. The van der Waals surface area contributed by atoms with Crippen LogP contribution in [0.15, 0.2) is 0 Å². The number of ether oxygens (including phenoxy) is 1. The summed E-state index contributed by atoms with van der Waals surface area (Å²) in [5.41, 5.74) is 0.